The third-order valence-electron chi connectivity index (χ3n) is 5.45. The SMILES string of the molecule is CC(C)Sc1ccc(Sc2ccc(Sc3ccc(C(=O)c4ccc(C(C)C)cc4)cc3)cc2)cc1. The first-order valence-corrected chi connectivity index (χ1v) is 14.4. The molecule has 0 bridgehead atoms. The van der Waals surface area contributed by atoms with Gasteiger partial charge in [0, 0.05) is 40.9 Å². The lowest BCUT2D eigenvalue weighted by Gasteiger charge is -2.08. The number of carbonyl (C=O) groups excluding carboxylic acids is 1. The fraction of sp³-hybridized carbons (Fsp3) is 0.194. The quantitative estimate of drug-likeness (QED) is 0.163. The maximum Gasteiger partial charge on any atom is 0.193 e. The van der Waals surface area contributed by atoms with Crippen LogP contribution in [-0.4, -0.2) is 11.0 Å². The Balaban J connectivity index is 1.35. The molecule has 4 aromatic carbocycles. The summed E-state index contributed by atoms with van der Waals surface area (Å²) in [6.07, 6.45) is 0. The van der Waals surface area contributed by atoms with E-state index in [1.54, 1.807) is 23.5 Å². The van der Waals surface area contributed by atoms with E-state index >= 15 is 0 Å². The molecule has 0 aliphatic rings. The van der Waals surface area contributed by atoms with E-state index in [-0.39, 0.29) is 5.78 Å². The second-order valence-corrected chi connectivity index (χ2v) is 12.9. The molecule has 0 spiro atoms. The Morgan fingerprint density at radius 1 is 0.514 bits per heavy atom. The molecule has 0 fully saturated rings. The molecule has 0 heterocycles. The van der Waals surface area contributed by atoms with Crippen molar-refractivity contribution >= 4 is 41.1 Å². The number of ketones is 1. The van der Waals surface area contributed by atoms with Crippen LogP contribution in [0.5, 0.6) is 0 Å². The number of hydrogen-bond acceptors (Lipinski definition) is 4. The highest BCUT2D eigenvalue weighted by atomic mass is 32.2. The molecule has 4 heteroatoms. The molecular formula is C31H30OS3. The topological polar surface area (TPSA) is 17.1 Å². The van der Waals surface area contributed by atoms with E-state index in [4.69, 9.17) is 0 Å². The summed E-state index contributed by atoms with van der Waals surface area (Å²) in [5, 5.41) is 0.595. The van der Waals surface area contributed by atoms with Crippen molar-refractivity contribution in [3.05, 3.63) is 114 Å². The van der Waals surface area contributed by atoms with Gasteiger partial charge in [0.15, 0.2) is 5.78 Å². The summed E-state index contributed by atoms with van der Waals surface area (Å²) < 4.78 is 0. The van der Waals surface area contributed by atoms with Crippen LogP contribution in [0, 0.1) is 0 Å². The summed E-state index contributed by atoms with van der Waals surface area (Å²) in [6, 6.07) is 33.3. The largest absolute Gasteiger partial charge is 0.289 e. The zero-order chi connectivity index (χ0) is 24.8. The van der Waals surface area contributed by atoms with Crippen molar-refractivity contribution in [2.75, 3.05) is 0 Å². The first kappa shape index (κ1) is 25.7. The van der Waals surface area contributed by atoms with Crippen molar-refractivity contribution in [1.82, 2.24) is 0 Å². The molecule has 4 rings (SSSR count). The molecule has 0 saturated heterocycles. The Labute approximate surface area is 222 Å². The van der Waals surface area contributed by atoms with Crippen LogP contribution in [0.1, 0.15) is 55.1 Å². The van der Waals surface area contributed by atoms with E-state index in [9.17, 15) is 4.79 Å². The average Bonchev–Trinajstić information content (AvgIpc) is 2.86. The zero-order valence-corrected chi connectivity index (χ0v) is 23.0. The standard InChI is InChI=1S/C31H30OS3/c1-21(2)23-5-7-24(8-6-23)31(32)25-9-11-27(12-10-25)34-29-17-19-30(20-18-29)35-28-15-13-26(14-16-28)33-22(3)4/h5-22H,1-4H3. The summed E-state index contributed by atoms with van der Waals surface area (Å²) in [4.78, 5) is 18.9. The van der Waals surface area contributed by atoms with Crippen LogP contribution >= 0.6 is 35.3 Å². The minimum atomic E-state index is 0.0640. The fourth-order valence-electron chi connectivity index (χ4n) is 3.57. The highest BCUT2D eigenvalue weighted by Gasteiger charge is 2.10. The van der Waals surface area contributed by atoms with Crippen LogP contribution in [0.15, 0.2) is 122 Å². The Morgan fingerprint density at radius 3 is 1.23 bits per heavy atom. The second kappa shape index (κ2) is 12.0. The normalized spacial score (nSPS) is 11.3. The van der Waals surface area contributed by atoms with E-state index in [2.05, 4.69) is 76.2 Å². The molecule has 0 amide bonds. The van der Waals surface area contributed by atoms with Crippen LogP contribution < -0.4 is 0 Å². The van der Waals surface area contributed by atoms with Gasteiger partial charge in [-0.05, 0) is 84.3 Å². The Morgan fingerprint density at radius 2 is 0.857 bits per heavy atom. The minimum absolute atomic E-state index is 0.0640. The van der Waals surface area contributed by atoms with E-state index in [1.165, 1.54) is 25.1 Å². The van der Waals surface area contributed by atoms with E-state index in [0.717, 1.165) is 16.0 Å². The third-order valence-corrected chi connectivity index (χ3v) is 8.49. The van der Waals surface area contributed by atoms with Gasteiger partial charge in [-0.3, -0.25) is 4.79 Å². The monoisotopic (exact) mass is 514 g/mol. The Kier molecular flexibility index (Phi) is 8.83. The highest BCUT2D eigenvalue weighted by Crippen LogP contribution is 2.33. The molecule has 0 saturated carbocycles. The third kappa shape index (κ3) is 7.30. The van der Waals surface area contributed by atoms with Crippen LogP contribution in [0.4, 0.5) is 0 Å². The lowest BCUT2D eigenvalue weighted by atomic mass is 9.98. The molecule has 35 heavy (non-hydrogen) atoms. The summed E-state index contributed by atoms with van der Waals surface area (Å²) >= 11 is 5.38. The molecular weight excluding hydrogens is 485 g/mol. The van der Waals surface area contributed by atoms with Gasteiger partial charge in [-0.2, -0.15) is 0 Å². The molecule has 0 aliphatic carbocycles. The van der Waals surface area contributed by atoms with Crippen molar-refractivity contribution in [2.45, 2.75) is 63.3 Å². The van der Waals surface area contributed by atoms with Gasteiger partial charge < -0.3 is 0 Å². The average molecular weight is 515 g/mol. The molecule has 178 valence electrons. The molecule has 0 aliphatic heterocycles. The second-order valence-electron chi connectivity index (χ2n) is 8.94. The summed E-state index contributed by atoms with van der Waals surface area (Å²) in [5.74, 6) is 0.525. The van der Waals surface area contributed by atoms with Crippen LogP contribution in [-0.2, 0) is 0 Å². The fourth-order valence-corrected chi connectivity index (χ4v) is 6.04. The number of hydrogen-bond donors (Lipinski definition) is 0. The molecule has 0 radical (unpaired) electrons. The van der Waals surface area contributed by atoms with Gasteiger partial charge in [0.2, 0.25) is 0 Å². The van der Waals surface area contributed by atoms with Crippen LogP contribution in [0.25, 0.3) is 0 Å². The summed E-state index contributed by atoms with van der Waals surface area (Å²) in [6.45, 7) is 8.75. The number of rotatable bonds is 9. The van der Waals surface area contributed by atoms with Gasteiger partial charge in [0.05, 0.1) is 0 Å². The van der Waals surface area contributed by atoms with Crippen LogP contribution in [0.2, 0.25) is 0 Å². The van der Waals surface area contributed by atoms with E-state index in [1.807, 2.05) is 60.3 Å². The molecule has 0 unspecified atom stereocenters. The predicted octanol–water partition coefficient (Wildman–Crippen LogP) is 9.84. The van der Waals surface area contributed by atoms with Crippen molar-refractivity contribution in [3.63, 3.8) is 0 Å². The first-order valence-electron chi connectivity index (χ1n) is 11.8. The Bertz CT molecular complexity index is 1240. The van der Waals surface area contributed by atoms with Gasteiger partial charge >= 0.3 is 0 Å². The molecule has 0 aromatic heterocycles. The van der Waals surface area contributed by atoms with Gasteiger partial charge in [0.1, 0.15) is 0 Å². The van der Waals surface area contributed by atoms with Gasteiger partial charge in [0.25, 0.3) is 0 Å². The van der Waals surface area contributed by atoms with Crippen molar-refractivity contribution in [1.29, 1.82) is 0 Å². The minimum Gasteiger partial charge on any atom is -0.289 e. The predicted molar refractivity (Wildman–Crippen MR) is 153 cm³/mol. The summed E-state index contributed by atoms with van der Waals surface area (Å²) in [7, 11) is 0. The smallest absolute Gasteiger partial charge is 0.193 e. The highest BCUT2D eigenvalue weighted by molar-refractivity contribution is 8.00. The lowest BCUT2D eigenvalue weighted by molar-refractivity contribution is 0.103. The van der Waals surface area contributed by atoms with Crippen molar-refractivity contribution in [3.8, 4) is 0 Å². The zero-order valence-electron chi connectivity index (χ0n) is 20.5. The molecule has 1 nitrogen and oxygen atoms in total. The van der Waals surface area contributed by atoms with Crippen molar-refractivity contribution < 1.29 is 4.79 Å². The van der Waals surface area contributed by atoms with Gasteiger partial charge in [-0.15, -0.1) is 11.8 Å². The number of benzene rings is 4. The Hall–Kier alpha value is -2.40. The first-order chi connectivity index (χ1) is 16.9. The van der Waals surface area contributed by atoms with Crippen LogP contribution in [0.3, 0.4) is 0 Å². The molecule has 4 aromatic rings. The maximum absolute atomic E-state index is 12.8. The van der Waals surface area contributed by atoms with E-state index < -0.39 is 0 Å². The van der Waals surface area contributed by atoms with E-state index in [0.29, 0.717) is 11.2 Å². The number of carbonyl (C=O) groups is 1. The van der Waals surface area contributed by atoms with Crippen molar-refractivity contribution in [2.24, 2.45) is 0 Å². The summed E-state index contributed by atoms with van der Waals surface area (Å²) in [5.41, 5.74) is 2.70. The molecule has 0 atom stereocenters. The van der Waals surface area contributed by atoms with Gasteiger partial charge in [-0.1, -0.05) is 75.5 Å². The number of thioether (sulfide) groups is 1. The molecule has 0 N–H and O–H groups in total. The van der Waals surface area contributed by atoms with Gasteiger partial charge in [-0.25, -0.2) is 0 Å². The lowest BCUT2D eigenvalue weighted by Crippen LogP contribution is -2.01. The maximum atomic E-state index is 12.8.